The molecule has 0 bridgehead atoms. The smallest absolute Gasteiger partial charge is 0.0999 e. The third-order valence-electron chi connectivity index (χ3n) is 3.82. The molecule has 1 atom stereocenters. The van der Waals surface area contributed by atoms with E-state index in [0.29, 0.717) is 12.5 Å². The van der Waals surface area contributed by atoms with Gasteiger partial charge in [0, 0.05) is 0 Å². The Bertz CT molecular complexity index is 412. The third-order valence-corrected chi connectivity index (χ3v) is 3.82. The molecular weight excluding hydrogens is 212 g/mol. The summed E-state index contributed by atoms with van der Waals surface area (Å²) < 4.78 is 2.07. The lowest BCUT2D eigenvalue weighted by Gasteiger charge is -2.32. The van der Waals surface area contributed by atoms with Crippen LogP contribution in [0.4, 0.5) is 0 Å². The second-order valence-corrected chi connectivity index (χ2v) is 4.94. The number of hydrogen-bond donors (Lipinski definition) is 0. The first-order valence-corrected chi connectivity index (χ1v) is 6.57. The Morgan fingerprint density at radius 3 is 2.82 bits per heavy atom. The summed E-state index contributed by atoms with van der Waals surface area (Å²) in [6.45, 7) is 4.38. The number of rotatable bonds is 5. The molecule has 4 nitrogen and oxygen atoms in total. The van der Waals surface area contributed by atoms with Gasteiger partial charge < -0.3 is 0 Å². The summed E-state index contributed by atoms with van der Waals surface area (Å²) in [6, 6.07) is 2.61. The largest absolute Gasteiger partial charge is 0.246 e. The van der Waals surface area contributed by atoms with Gasteiger partial charge in [-0.25, -0.2) is 4.68 Å². The van der Waals surface area contributed by atoms with E-state index in [9.17, 15) is 0 Å². The Kier molecular flexibility index (Phi) is 3.78. The highest BCUT2D eigenvalue weighted by atomic mass is 15.4. The van der Waals surface area contributed by atoms with E-state index in [1.165, 1.54) is 25.0 Å². The van der Waals surface area contributed by atoms with Crippen molar-refractivity contribution in [3.05, 3.63) is 11.4 Å². The molecule has 1 aliphatic carbocycles. The topological polar surface area (TPSA) is 54.5 Å². The Hall–Kier alpha value is -1.37. The normalized spacial score (nSPS) is 17.5. The van der Waals surface area contributed by atoms with Gasteiger partial charge in [0.1, 0.15) is 0 Å². The van der Waals surface area contributed by atoms with Crippen LogP contribution in [-0.2, 0) is 12.8 Å². The van der Waals surface area contributed by atoms with Crippen LogP contribution in [-0.4, -0.2) is 15.0 Å². The average molecular weight is 232 g/mol. The molecular formula is C13H20N4. The van der Waals surface area contributed by atoms with Crippen molar-refractivity contribution in [2.75, 3.05) is 0 Å². The second-order valence-electron chi connectivity index (χ2n) is 4.94. The van der Waals surface area contributed by atoms with E-state index in [-0.39, 0.29) is 0 Å². The van der Waals surface area contributed by atoms with Crippen molar-refractivity contribution in [3.63, 3.8) is 0 Å². The molecule has 1 aliphatic rings. The van der Waals surface area contributed by atoms with Gasteiger partial charge in [0.25, 0.3) is 0 Å². The first kappa shape index (κ1) is 12.1. The molecule has 0 aliphatic heterocycles. The summed E-state index contributed by atoms with van der Waals surface area (Å²) in [4.78, 5) is 0. The molecule has 0 amide bonds. The molecule has 2 rings (SSSR count). The molecule has 4 heteroatoms. The summed E-state index contributed by atoms with van der Waals surface area (Å²) in [5, 5.41) is 17.2. The maximum Gasteiger partial charge on any atom is 0.0999 e. The van der Waals surface area contributed by atoms with Gasteiger partial charge in [-0.2, -0.15) is 5.26 Å². The molecule has 0 radical (unpaired) electrons. The zero-order chi connectivity index (χ0) is 12.3. The highest BCUT2D eigenvalue weighted by Crippen LogP contribution is 2.36. The van der Waals surface area contributed by atoms with E-state index in [0.717, 1.165) is 24.5 Å². The minimum atomic E-state index is 0.382. The number of aromatic nitrogens is 3. The molecule has 92 valence electrons. The van der Waals surface area contributed by atoms with Gasteiger partial charge in [-0.1, -0.05) is 25.0 Å². The number of nitrogens with zero attached hydrogens (tertiary/aromatic N) is 4. The molecule has 0 aromatic carbocycles. The maximum absolute atomic E-state index is 8.80. The highest BCUT2D eigenvalue weighted by Gasteiger charge is 2.28. The molecule has 1 saturated carbocycles. The quantitative estimate of drug-likeness (QED) is 0.784. The van der Waals surface area contributed by atoms with Crippen molar-refractivity contribution in [2.24, 2.45) is 5.92 Å². The molecule has 1 aromatic heterocycles. The average Bonchev–Trinajstić information content (AvgIpc) is 2.60. The van der Waals surface area contributed by atoms with Crippen LogP contribution in [0, 0.1) is 17.2 Å². The van der Waals surface area contributed by atoms with Crippen LogP contribution in [0.15, 0.2) is 0 Å². The molecule has 0 spiro atoms. The number of hydrogen-bond acceptors (Lipinski definition) is 3. The van der Waals surface area contributed by atoms with E-state index in [4.69, 9.17) is 5.26 Å². The van der Waals surface area contributed by atoms with Crippen LogP contribution in [0.25, 0.3) is 0 Å². The minimum Gasteiger partial charge on any atom is -0.246 e. The van der Waals surface area contributed by atoms with E-state index in [1.807, 2.05) is 0 Å². The van der Waals surface area contributed by atoms with Crippen molar-refractivity contribution in [1.29, 1.82) is 5.26 Å². The number of nitriles is 1. The Morgan fingerprint density at radius 1 is 1.53 bits per heavy atom. The maximum atomic E-state index is 8.80. The minimum absolute atomic E-state index is 0.382. The van der Waals surface area contributed by atoms with Crippen LogP contribution in [0.3, 0.4) is 0 Å². The van der Waals surface area contributed by atoms with E-state index in [2.05, 4.69) is 34.9 Å². The fraction of sp³-hybridized carbons (Fsp3) is 0.769. The van der Waals surface area contributed by atoms with Crippen LogP contribution >= 0.6 is 0 Å². The van der Waals surface area contributed by atoms with Crippen molar-refractivity contribution < 1.29 is 0 Å². The fourth-order valence-corrected chi connectivity index (χ4v) is 2.50. The molecule has 0 saturated heterocycles. The van der Waals surface area contributed by atoms with Crippen LogP contribution in [0.5, 0.6) is 0 Å². The first-order valence-electron chi connectivity index (χ1n) is 6.57. The van der Waals surface area contributed by atoms with Crippen molar-refractivity contribution in [1.82, 2.24) is 15.0 Å². The van der Waals surface area contributed by atoms with Gasteiger partial charge in [0.2, 0.25) is 0 Å². The van der Waals surface area contributed by atoms with Gasteiger partial charge in [0.05, 0.1) is 29.9 Å². The van der Waals surface area contributed by atoms with Gasteiger partial charge in [0.15, 0.2) is 0 Å². The molecule has 0 N–H and O–H groups in total. The Labute approximate surface area is 103 Å². The van der Waals surface area contributed by atoms with Crippen molar-refractivity contribution in [3.8, 4) is 6.07 Å². The predicted octanol–water partition coefficient (Wildman–Crippen LogP) is 2.66. The first-order chi connectivity index (χ1) is 8.27. The fourth-order valence-electron chi connectivity index (χ4n) is 2.50. The summed E-state index contributed by atoms with van der Waals surface area (Å²) in [6.07, 6.45) is 6.38. The monoisotopic (exact) mass is 232 g/mol. The van der Waals surface area contributed by atoms with E-state index < -0.39 is 0 Å². The lowest BCUT2D eigenvalue weighted by atomic mass is 9.80. The Balaban J connectivity index is 2.22. The molecule has 1 fully saturated rings. The summed E-state index contributed by atoms with van der Waals surface area (Å²) in [5.74, 6) is 0.752. The zero-order valence-electron chi connectivity index (χ0n) is 10.7. The van der Waals surface area contributed by atoms with Gasteiger partial charge in [-0.05, 0) is 32.1 Å². The summed E-state index contributed by atoms with van der Waals surface area (Å²) in [7, 11) is 0. The second kappa shape index (κ2) is 5.31. The van der Waals surface area contributed by atoms with Crippen LogP contribution in [0.1, 0.15) is 57.0 Å². The molecule has 1 heterocycles. The van der Waals surface area contributed by atoms with Crippen molar-refractivity contribution >= 4 is 0 Å². The van der Waals surface area contributed by atoms with E-state index in [1.54, 1.807) is 0 Å². The lowest BCUT2D eigenvalue weighted by Crippen LogP contribution is -2.25. The zero-order valence-corrected chi connectivity index (χ0v) is 10.7. The summed E-state index contributed by atoms with van der Waals surface area (Å²) >= 11 is 0. The van der Waals surface area contributed by atoms with Gasteiger partial charge in [-0.15, -0.1) is 5.10 Å². The van der Waals surface area contributed by atoms with Crippen LogP contribution < -0.4 is 0 Å². The lowest BCUT2D eigenvalue weighted by molar-refractivity contribution is 0.205. The standard InChI is InChI=1S/C13H20N4/c1-3-5-13-12(8-9-14)15-16-17(13)10(2)11-6-4-7-11/h10-11H,3-8H2,1-2H3. The SMILES string of the molecule is CCCc1c(CC#N)nnn1C(C)C1CCC1. The third kappa shape index (κ3) is 2.33. The highest BCUT2D eigenvalue weighted by molar-refractivity contribution is 5.15. The van der Waals surface area contributed by atoms with Crippen molar-refractivity contribution in [2.45, 2.75) is 58.4 Å². The van der Waals surface area contributed by atoms with Gasteiger partial charge in [-0.3, -0.25) is 0 Å². The van der Waals surface area contributed by atoms with E-state index >= 15 is 0 Å². The van der Waals surface area contributed by atoms with Gasteiger partial charge >= 0.3 is 0 Å². The van der Waals surface area contributed by atoms with Crippen LogP contribution in [0.2, 0.25) is 0 Å². The molecule has 1 aromatic rings. The summed E-state index contributed by atoms with van der Waals surface area (Å²) in [5.41, 5.74) is 2.05. The molecule has 1 unspecified atom stereocenters. The Morgan fingerprint density at radius 2 is 2.29 bits per heavy atom. The molecule has 17 heavy (non-hydrogen) atoms. The predicted molar refractivity (Wildman–Crippen MR) is 65.4 cm³/mol.